The van der Waals surface area contributed by atoms with Gasteiger partial charge < -0.3 is 14.7 Å². The lowest BCUT2D eigenvalue weighted by Crippen LogP contribution is -2.30. The summed E-state index contributed by atoms with van der Waals surface area (Å²) < 4.78 is 6.12. The van der Waals surface area contributed by atoms with Crippen LogP contribution in [-0.4, -0.2) is 42.0 Å². The number of rotatable bonds is 8. The van der Waals surface area contributed by atoms with E-state index in [4.69, 9.17) is 4.74 Å². The highest BCUT2D eigenvalue weighted by Gasteiger charge is 2.33. The zero-order valence-corrected chi connectivity index (χ0v) is 20.7. The van der Waals surface area contributed by atoms with E-state index in [9.17, 15) is 5.11 Å². The zero-order chi connectivity index (χ0) is 23.2. The van der Waals surface area contributed by atoms with Crippen molar-refractivity contribution in [1.82, 2.24) is 4.90 Å². The number of nitrogens with zero attached hydrogens (tertiary/aromatic N) is 1. The van der Waals surface area contributed by atoms with E-state index < -0.39 is 0 Å². The maximum Gasteiger partial charge on any atom is 0.123 e. The van der Waals surface area contributed by atoms with Gasteiger partial charge in [-0.25, -0.2) is 0 Å². The van der Waals surface area contributed by atoms with Gasteiger partial charge in [0.05, 0.1) is 6.61 Å². The Morgan fingerprint density at radius 1 is 0.853 bits per heavy atom. The number of hydrogen-bond donors (Lipinski definition) is 1. The van der Waals surface area contributed by atoms with Gasteiger partial charge in [0.25, 0.3) is 0 Å². The van der Waals surface area contributed by atoms with Crippen molar-refractivity contribution in [1.29, 1.82) is 0 Å². The van der Waals surface area contributed by atoms with E-state index in [1.165, 1.54) is 73.5 Å². The summed E-state index contributed by atoms with van der Waals surface area (Å²) >= 11 is 1.96. The SMILES string of the molecule is Oc1ccc2c(c1)[C@@H](c1ccc(SCCCCN3CCCCC3)cc1)[C@@H](c1ccccc1)CO2. The third kappa shape index (κ3) is 5.61. The first-order valence-corrected chi connectivity index (χ1v) is 13.7. The monoisotopic (exact) mass is 473 g/mol. The number of thioether (sulfide) groups is 1. The van der Waals surface area contributed by atoms with Crippen molar-refractivity contribution in [2.24, 2.45) is 0 Å². The molecule has 1 saturated heterocycles. The quantitative estimate of drug-likeness (QED) is 0.280. The third-order valence-electron chi connectivity index (χ3n) is 7.20. The molecule has 2 aliphatic heterocycles. The first kappa shape index (κ1) is 23.3. The Balaban J connectivity index is 1.26. The molecule has 0 saturated carbocycles. The molecule has 0 unspecified atom stereocenters. The number of fused-ring (bicyclic) bond motifs is 1. The van der Waals surface area contributed by atoms with Crippen LogP contribution in [0.25, 0.3) is 0 Å². The molecule has 0 radical (unpaired) electrons. The molecule has 3 aromatic carbocycles. The molecule has 2 aliphatic rings. The zero-order valence-electron chi connectivity index (χ0n) is 19.9. The summed E-state index contributed by atoms with van der Waals surface area (Å²) in [4.78, 5) is 3.97. The Hall–Kier alpha value is -2.43. The number of phenols is 1. The van der Waals surface area contributed by atoms with Crippen molar-refractivity contribution < 1.29 is 9.84 Å². The van der Waals surface area contributed by atoms with Gasteiger partial charge in [0.2, 0.25) is 0 Å². The lowest BCUT2D eigenvalue weighted by Gasteiger charge is -2.34. The Labute approximate surface area is 208 Å². The molecule has 2 atom stereocenters. The van der Waals surface area contributed by atoms with Gasteiger partial charge in [-0.2, -0.15) is 0 Å². The Morgan fingerprint density at radius 3 is 2.44 bits per heavy atom. The first-order chi connectivity index (χ1) is 16.8. The fourth-order valence-corrected chi connectivity index (χ4v) is 6.30. The highest BCUT2D eigenvalue weighted by Crippen LogP contribution is 2.47. The maximum atomic E-state index is 10.2. The standard InChI is InChI=1S/C30H35NO2S/c32-25-13-16-29-27(21-25)30(28(22-33-29)23-9-3-1-4-10-23)24-11-14-26(15-12-24)34-20-8-7-19-31-17-5-2-6-18-31/h1,3-4,9-16,21,28,30,32H,2,5-8,17-20,22H2/t28-,30-/m1/s1. The molecule has 3 aromatic rings. The minimum Gasteiger partial charge on any atom is -0.508 e. The lowest BCUT2D eigenvalue weighted by atomic mass is 9.76. The van der Waals surface area contributed by atoms with Crippen LogP contribution in [0, 0.1) is 0 Å². The van der Waals surface area contributed by atoms with Crippen molar-refractivity contribution in [2.75, 3.05) is 32.0 Å². The predicted octanol–water partition coefficient (Wildman–Crippen LogP) is 7.06. The summed E-state index contributed by atoms with van der Waals surface area (Å²) in [5, 5.41) is 10.2. The predicted molar refractivity (Wildman–Crippen MR) is 141 cm³/mol. The molecule has 0 spiro atoms. The van der Waals surface area contributed by atoms with E-state index in [1.807, 2.05) is 23.9 Å². The highest BCUT2D eigenvalue weighted by molar-refractivity contribution is 7.99. The van der Waals surface area contributed by atoms with Crippen LogP contribution < -0.4 is 4.74 Å². The van der Waals surface area contributed by atoms with E-state index in [0.29, 0.717) is 6.61 Å². The van der Waals surface area contributed by atoms with Gasteiger partial charge in [0.1, 0.15) is 11.5 Å². The molecule has 3 nitrogen and oxygen atoms in total. The second-order valence-corrected chi connectivity index (χ2v) is 10.7. The molecule has 0 bridgehead atoms. The fraction of sp³-hybridized carbons (Fsp3) is 0.400. The number of hydrogen-bond acceptors (Lipinski definition) is 4. The van der Waals surface area contributed by atoms with E-state index in [-0.39, 0.29) is 17.6 Å². The highest BCUT2D eigenvalue weighted by atomic mass is 32.2. The van der Waals surface area contributed by atoms with Crippen LogP contribution in [0.4, 0.5) is 0 Å². The fourth-order valence-electron chi connectivity index (χ4n) is 5.39. The van der Waals surface area contributed by atoms with Crippen molar-refractivity contribution in [3.8, 4) is 11.5 Å². The summed E-state index contributed by atoms with van der Waals surface area (Å²) in [6.07, 6.45) is 6.74. The average Bonchev–Trinajstić information content (AvgIpc) is 2.89. The molecule has 4 heteroatoms. The van der Waals surface area contributed by atoms with Crippen LogP contribution in [0.2, 0.25) is 0 Å². The average molecular weight is 474 g/mol. The molecule has 178 valence electrons. The summed E-state index contributed by atoms with van der Waals surface area (Å²) in [5.74, 6) is 2.71. The summed E-state index contributed by atoms with van der Waals surface area (Å²) in [5.41, 5.74) is 3.62. The summed E-state index contributed by atoms with van der Waals surface area (Å²) in [6, 6.07) is 25.2. The van der Waals surface area contributed by atoms with E-state index in [2.05, 4.69) is 59.5 Å². The first-order valence-electron chi connectivity index (χ1n) is 12.7. The molecule has 34 heavy (non-hydrogen) atoms. The lowest BCUT2D eigenvalue weighted by molar-refractivity contribution is 0.226. The van der Waals surface area contributed by atoms with Gasteiger partial charge in [-0.15, -0.1) is 11.8 Å². The topological polar surface area (TPSA) is 32.7 Å². The number of phenolic OH excluding ortho intramolecular Hbond substituents is 1. The molecule has 2 heterocycles. The van der Waals surface area contributed by atoms with Crippen LogP contribution in [0.3, 0.4) is 0 Å². The van der Waals surface area contributed by atoms with E-state index in [0.717, 1.165) is 11.3 Å². The number of piperidine rings is 1. The minimum atomic E-state index is 0.154. The van der Waals surface area contributed by atoms with E-state index in [1.54, 1.807) is 6.07 Å². The molecular weight excluding hydrogens is 438 g/mol. The van der Waals surface area contributed by atoms with Crippen molar-refractivity contribution in [3.05, 3.63) is 89.5 Å². The van der Waals surface area contributed by atoms with Crippen LogP contribution in [-0.2, 0) is 0 Å². The second-order valence-electron chi connectivity index (χ2n) is 9.55. The molecule has 0 aliphatic carbocycles. The molecule has 0 amide bonds. The Bertz CT molecular complexity index is 1050. The van der Waals surface area contributed by atoms with Crippen molar-refractivity contribution in [2.45, 2.75) is 48.8 Å². The van der Waals surface area contributed by atoms with Crippen LogP contribution in [0.5, 0.6) is 11.5 Å². The van der Waals surface area contributed by atoms with Crippen molar-refractivity contribution in [3.63, 3.8) is 0 Å². The Morgan fingerprint density at radius 2 is 1.65 bits per heavy atom. The molecule has 5 rings (SSSR count). The number of unbranched alkanes of at least 4 members (excludes halogenated alkanes) is 1. The van der Waals surface area contributed by atoms with Crippen molar-refractivity contribution >= 4 is 11.8 Å². The van der Waals surface area contributed by atoms with Crippen LogP contribution in [0.1, 0.15) is 60.6 Å². The summed E-state index contributed by atoms with van der Waals surface area (Å²) in [6.45, 7) is 4.49. The number of likely N-dealkylation sites (tertiary alicyclic amines) is 1. The molecule has 1 fully saturated rings. The largest absolute Gasteiger partial charge is 0.508 e. The number of benzene rings is 3. The smallest absolute Gasteiger partial charge is 0.123 e. The van der Waals surface area contributed by atoms with Gasteiger partial charge in [0.15, 0.2) is 0 Å². The Kier molecular flexibility index (Phi) is 7.77. The number of ether oxygens (including phenoxy) is 1. The van der Waals surface area contributed by atoms with Crippen LogP contribution in [0.15, 0.2) is 77.7 Å². The van der Waals surface area contributed by atoms with Crippen LogP contribution >= 0.6 is 11.8 Å². The third-order valence-corrected chi connectivity index (χ3v) is 8.30. The molecule has 1 N–H and O–H groups in total. The van der Waals surface area contributed by atoms with Gasteiger partial charge >= 0.3 is 0 Å². The molecular formula is C30H35NO2S. The molecule has 0 aromatic heterocycles. The number of aromatic hydroxyl groups is 1. The minimum absolute atomic E-state index is 0.154. The van der Waals surface area contributed by atoms with E-state index >= 15 is 0 Å². The maximum absolute atomic E-state index is 10.2. The van der Waals surface area contributed by atoms with Gasteiger partial charge in [-0.05, 0) is 92.5 Å². The van der Waals surface area contributed by atoms with Gasteiger partial charge in [-0.3, -0.25) is 0 Å². The normalized spacial score (nSPS) is 20.5. The second kappa shape index (κ2) is 11.3. The van der Waals surface area contributed by atoms with Gasteiger partial charge in [0, 0.05) is 22.3 Å². The van der Waals surface area contributed by atoms with Gasteiger partial charge in [-0.1, -0.05) is 48.9 Å². The summed E-state index contributed by atoms with van der Waals surface area (Å²) in [7, 11) is 0.